The fourth-order valence-corrected chi connectivity index (χ4v) is 38.3. The molecule has 0 aliphatic rings. The SMILES string of the molecule is Cc1[c]([RaH])[c]([RaH])c2oc3[c]([RaH])[c]([RaH])c(C)[c]([RaH])c3c2[c]1[RaH]. The molecule has 0 saturated carbocycles. The third kappa shape index (κ3) is 4.27. The second kappa shape index (κ2) is 9.46. The van der Waals surface area contributed by atoms with Gasteiger partial charge in [0.2, 0.25) is 0 Å². The van der Waals surface area contributed by atoms with Crippen LogP contribution in [-0.4, -0.2) is 0 Å². The number of fused-ring (bicyclic) bond motifs is 3. The average Bonchev–Trinajstić information content (AvgIpc) is 2.87. The van der Waals surface area contributed by atoms with Gasteiger partial charge in [-0.1, -0.05) is 0 Å². The van der Waals surface area contributed by atoms with E-state index in [9.17, 15) is 0 Å². The Morgan fingerprint density at radius 2 is 0.857 bits per heavy atom. The molecule has 0 N–H and O–H groups in total. The Bertz CT molecular complexity index is 851. The van der Waals surface area contributed by atoms with Gasteiger partial charge in [0.05, 0.1) is 0 Å². The van der Waals surface area contributed by atoms with E-state index in [0.717, 1.165) is 0 Å². The van der Waals surface area contributed by atoms with Gasteiger partial charge in [-0.25, -0.2) is 0 Å². The van der Waals surface area contributed by atoms with Crippen LogP contribution in [0.25, 0.3) is 21.9 Å². The number of benzene rings is 2. The molecule has 7 heteroatoms. The zero-order valence-electron chi connectivity index (χ0n) is 14.4. The van der Waals surface area contributed by atoms with E-state index in [2.05, 4.69) is 13.8 Å². The molecule has 0 aliphatic heterocycles. The van der Waals surface area contributed by atoms with Crippen LogP contribution >= 0.6 is 0 Å². The van der Waals surface area contributed by atoms with Gasteiger partial charge in [-0.15, -0.1) is 0 Å². The van der Waals surface area contributed by atoms with Gasteiger partial charge in [-0.3, -0.25) is 0 Å². The summed E-state index contributed by atoms with van der Waals surface area (Å²) in [7, 11) is 0. The van der Waals surface area contributed by atoms with Crippen molar-refractivity contribution < 1.29 is 261 Å². The molecule has 1 aromatic heterocycles. The monoisotopic (exact) mass is 1550 g/mol. The molecule has 1 heterocycles. The molecule has 21 heavy (non-hydrogen) atoms. The number of hydrogen-bond acceptors (Lipinski definition) is 1. The van der Waals surface area contributed by atoms with Gasteiger partial charge in [0, 0.05) is 0 Å². The minimum absolute atomic E-state index is 0.403. The van der Waals surface area contributed by atoms with Crippen molar-refractivity contribution in [2.24, 2.45) is 0 Å². The van der Waals surface area contributed by atoms with E-state index >= 15 is 0 Å². The Morgan fingerprint density at radius 3 is 1.19 bits per heavy atom. The Balaban J connectivity index is 2.73. The van der Waals surface area contributed by atoms with E-state index in [1.165, 1.54) is 11.2 Å². The van der Waals surface area contributed by atoms with Crippen molar-refractivity contribution in [3.05, 3.63) is 11.1 Å². The van der Waals surface area contributed by atoms with Crippen molar-refractivity contribution in [2.75, 3.05) is 0 Å². The normalized spacial score (nSPS) is 11.2. The van der Waals surface area contributed by atoms with E-state index in [4.69, 9.17) is 4.42 Å². The van der Waals surface area contributed by atoms with Crippen LogP contribution < -0.4 is 3.63 Å². The molecule has 0 atom stereocenters. The Kier molecular flexibility index (Phi) is 10.2. The predicted molar refractivity (Wildman–Crippen MR) is 69.4 cm³/mol. The summed E-state index contributed by atoms with van der Waals surface area (Å²) < 4.78 is 17.1. The first-order valence-electron chi connectivity index (χ1n) is 7.66. The van der Waals surface area contributed by atoms with Crippen molar-refractivity contribution in [1.82, 2.24) is 0 Å². The van der Waals surface area contributed by atoms with Gasteiger partial charge < -0.3 is 0 Å². The molecule has 3 aromatic rings. The fraction of sp³-hybridized carbons (Fsp3) is 0.143. The maximum absolute atomic E-state index is 6.61. The molecule has 2 aromatic carbocycles. The van der Waals surface area contributed by atoms with Crippen molar-refractivity contribution >= 4 is 25.6 Å². The fourth-order valence-electron chi connectivity index (χ4n) is 3.52. The predicted octanol–water partition coefficient (Wildman–Crippen LogP) is -2.36. The summed E-state index contributed by atoms with van der Waals surface area (Å²) in [6.45, 7) is 4.83. The molecule has 3 rings (SSSR count). The van der Waals surface area contributed by atoms with Crippen molar-refractivity contribution in [3.63, 3.8) is 0 Å². The Hall–Kier alpha value is 7.05. The van der Waals surface area contributed by atoms with Gasteiger partial charge >= 0.3 is 312 Å². The first-order valence-corrected chi connectivity index (χ1v) is 32.3. The van der Waals surface area contributed by atoms with Crippen LogP contribution in [0.5, 0.6) is 0 Å². The van der Waals surface area contributed by atoms with Crippen LogP contribution in [0, 0.1) is 271 Å². The van der Waals surface area contributed by atoms with Crippen LogP contribution in [0.15, 0.2) is 4.42 Å². The number of rotatable bonds is 0. The van der Waals surface area contributed by atoms with E-state index in [1.54, 1.807) is 25.5 Å². The standard InChI is InChI=1S/C14H6O.6Ra.6H/c1-9-3-5-13-11(7-9)12-8-10(2)4-6-14(12)15-13;;;;;;;;;;;;/h1-2H3;;;;;;;;;;;;. The van der Waals surface area contributed by atoms with E-state index < -0.39 is 0 Å². The van der Waals surface area contributed by atoms with E-state index in [0.29, 0.717) is 257 Å². The van der Waals surface area contributed by atoms with Crippen molar-refractivity contribution in [1.29, 1.82) is 0 Å². The van der Waals surface area contributed by atoms with Crippen LogP contribution in [0.4, 0.5) is 0 Å². The van der Waals surface area contributed by atoms with Crippen molar-refractivity contribution in [2.45, 2.75) is 13.8 Å². The summed E-state index contributed by atoms with van der Waals surface area (Å²) in [5.41, 5.74) is 6.19. The van der Waals surface area contributed by atoms with Gasteiger partial charge in [-0.2, -0.15) is 0 Å². The Labute approximate surface area is 300 Å². The topological polar surface area (TPSA) is 13.1 Å². The average molecular weight is 1550 g/mol. The van der Waals surface area contributed by atoms with Crippen LogP contribution in [0.3, 0.4) is 0 Å². The third-order valence-electron chi connectivity index (χ3n) is 5.71. The molecule has 0 bridgehead atoms. The third-order valence-corrected chi connectivity index (χ3v) is 72.0. The second-order valence-electron chi connectivity index (χ2n) is 6.51. The maximum atomic E-state index is 6.61. The summed E-state index contributed by atoms with van der Waals surface area (Å²) in [6, 6.07) is 0. The molecule has 0 saturated heterocycles. The first kappa shape index (κ1) is 22.7. The van der Waals surface area contributed by atoms with Gasteiger partial charge in [0.15, 0.2) is 0 Å². The molecule has 0 spiro atoms. The van der Waals surface area contributed by atoms with Crippen LogP contribution in [-0.2, 0) is 0 Å². The molecular weight excluding hydrogens is 1540 g/mol. The van der Waals surface area contributed by atoms with Crippen LogP contribution in [0.2, 0.25) is 0 Å². The molecule has 1 nitrogen and oxygen atoms in total. The summed E-state index contributed by atoms with van der Waals surface area (Å²) in [4.78, 5) is 0. The summed E-state index contributed by atoms with van der Waals surface area (Å²) >= 11 is 2.56. The van der Waals surface area contributed by atoms with E-state index in [-0.39, 0.29) is 0 Å². The zero-order chi connectivity index (χ0) is 15.6. The van der Waals surface area contributed by atoms with Crippen LogP contribution in [0.1, 0.15) is 11.1 Å². The summed E-state index contributed by atoms with van der Waals surface area (Å²) in [6.07, 6.45) is 0. The van der Waals surface area contributed by atoms with Gasteiger partial charge in [0.1, 0.15) is 0 Å². The molecule has 0 fully saturated rings. The molecule has 0 radical (unpaired) electrons. The summed E-state index contributed by atoms with van der Waals surface area (Å²) in [5.74, 6) is 0. The first-order chi connectivity index (χ1) is 9.77. The minimum atomic E-state index is 0.403. The second-order valence-corrected chi connectivity index (χ2v) is 31.2. The molecule has 0 amide bonds. The number of furan rings is 1. The molecule has 0 aliphatic carbocycles. The quantitative estimate of drug-likeness (QED) is 0.246. The number of hydrogen-bond donors (Lipinski definition) is 0. The Morgan fingerprint density at radius 1 is 0.524 bits per heavy atom. The summed E-state index contributed by atoms with van der Waals surface area (Å²) in [5, 5.41) is 3.26. The van der Waals surface area contributed by atoms with Gasteiger partial charge in [0.25, 0.3) is 0 Å². The zero-order valence-corrected chi connectivity index (χ0v) is 63.7. The molecule has 86 valence electrons. The van der Waals surface area contributed by atoms with Crippen molar-refractivity contribution in [3.8, 4) is 0 Å². The van der Waals surface area contributed by atoms with E-state index in [1.807, 2.05) is 0 Å². The van der Waals surface area contributed by atoms with Gasteiger partial charge in [-0.05, 0) is 0 Å². The molecule has 0 unspecified atom stereocenters. The molecular formula is C14H12ORa6.